The Bertz CT molecular complexity index is 327. The van der Waals surface area contributed by atoms with Gasteiger partial charge in [-0.05, 0) is 44.2 Å². The molecule has 1 saturated heterocycles. The number of methoxy groups -OCH3 is 1. The number of rotatable bonds is 4. The molecule has 1 aliphatic heterocycles. The van der Waals surface area contributed by atoms with Gasteiger partial charge in [0.1, 0.15) is 0 Å². The van der Waals surface area contributed by atoms with Crippen molar-refractivity contribution in [1.29, 1.82) is 0 Å². The Kier molecular flexibility index (Phi) is 7.45. The van der Waals surface area contributed by atoms with Gasteiger partial charge >= 0.3 is 0 Å². The maximum Gasteiger partial charge on any atom is 0.228 e. The van der Waals surface area contributed by atoms with Crippen LogP contribution in [0.5, 0.6) is 0 Å². The van der Waals surface area contributed by atoms with E-state index in [2.05, 4.69) is 24.5 Å². The molecule has 124 valence electrons. The lowest BCUT2D eigenvalue weighted by Gasteiger charge is -2.40. The third-order valence-electron chi connectivity index (χ3n) is 5.49. The van der Waals surface area contributed by atoms with Crippen LogP contribution in [0.1, 0.15) is 46.0 Å². The number of nitrogens with one attached hydrogen (secondary N) is 2. The Morgan fingerprint density at radius 2 is 1.95 bits per heavy atom. The molecule has 0 spiro atoms. The number of ether oxygens (including phenoxy) is 1. The summed E-state index contributed by atoms with van der Waals surface area (Å²) in [6, 6.07) is 0.342. The molecular formula is C16H31ClN2O2. The predicted octanol–water partition coefficient (Wildman–Crippen LogP) is 2.37. The van der Waals surface area contributed by atoms with Crippen LogP contribution in [0.4, 0.5) is 0 Å². The highest BCUT2D eigenvalue weighted by Gasteiger charge is 2.41. The van der Waals surface area contributed by atoms with Gasteiger partial charge in [-0.15, -0.1) is 12.4 Å². The van der Waals surface area contributed by atoms with Crippen molar-refractivity contribution in [1.82, 2.24) is 10.6 Å². The molecule has 5 heteroatoms. The van der Waals surface area contributed by atoms with E-state index in [9.17, 15) is 4.79 Å². The zero-order valence-electron chi connectivity index (χ0n) is 13.6. The number of piperidine rings is 1. The second kappa shape index (κ2) is 8.35. The molecule has 2 fully saturated rings. The van der Waals surface area contributed by atoms with E-state index in [4.69, 9.17) is 4.74 Å². The van der Waals surface area contributed by atoms with Gasteiger partial charge in [-0.1, -0.05) is 26.7 Å². The fourth-order valence-corrected chi connectivity index (χ4v) is 3.73. The largest absolute Gasteiger partial charge is 0.384 e. The highest BCUT2D eigenvalue weighted by Crippen LogP contribution is 2.33. The summed E-state index contributed by atoms with van der Waals surface area (Å²) in [5.74, 6) is 1.50. The van der Waals surface area contributed by atoms with Crippen LogP contribution in [0.15, 0.2) is 0 Å². The average molecular weight is 319 g/mol. The summed E-state index contributed by atoms with van der Waals surface area (Å²) in [5, 5.41) is 6.68. The van der Waals surface area contributed by atoms with Gasteiger partial charge in [0, 0.05) is 13.2 Å². The number of hydrogen-bond donors (Lipinski definition) is 2. The molecule has 1 saturated carbocycles. The van der Waals surface area contributed by atoms with Gasteiger partial charge < -0.3 is 15.4 Å². The van der Waals surface area contributed by atoms with Crippen molar-refractivity contribution >= 4 is 18.3 Å². The molecule has 2 rings (SSSR count). The number of halogens is 1. The van der Waals surface area contributed by atoms with Crippen LogP contribution in [0.2, 0.25) is 0 Å². The summed E-state index contributed by atoms with van der Waals surface area (Å²) in [7, 11) is 1.70. The Balaban J connectivity index is 0.00000220. The second-order valence-corrected chi connectivity index (χ2v) is 6.81. The van der Waals surface area contributed by atoms with Gasteiger partial charge in [-0.3, -0.25) is 4.79 Å². The molecule has 4 nitrogen and oxygen atoms in total. The van der Waals surface area contributed by atoms with Crippen LogP contribution in [0.3, 0.4) is 0 Å². The molecule has 0 aromatic rings. The number of amides is 1. The van der Waals surface area contributed by atoms with Gasteiger partial charge in [0.25, 0.3) is 0 Å². The van der Waals surface area contributed by atoms with E-state index >= 15 is 0 Å². The topological polar surface area (TPSA) is 50.4 Å². The van der Waals surface area contributed by atoms with Crippen LogP contribution in [0.25, 0.3) is 0 Å². The fraction of sp³-hybridized carbons (Fsp3) is 0.938. The lowest BCUT2D eigenvalue weighted by Crippen LogP contribution is -2.54. The molecule has 0 aromatic heterocycles. The molecule has 0 radical (unpaired) electrons. The number of hydrogen-bond acceptors (Lipinski definition) is 3. The first-order chi connectivity index (χ1) is 9.59. The Labute approximate surface area is 135 Å². The van der Waals surface area contributed by atoms with E-state index in [0.717, 1.165) is 32.4 Å². The van der Waals surface area contributed by atoms with Crippen molar-refractivity contribution in [2.24, 2.45) is 17.3 Å². The standard InChI is InChI=1S/C16H30N2O2.ClH/c1-12-5-4-6-14(13(12)2)18-15(19)16(11-20-3)7-9-17-10-8-16;/h12-14,17H,4-11H2,1-3H3,(H,18,19);1H. The lowest BCUT2D eigenvalue weighted by atomic mass is 9.75. The smallest absolute Gasteiger partial charge is 0.228 e. The minimum atomic E-state index is -0.319. The molecule has 3 atom stereocenters. The maximum atomic E-state index is 12.8. The number of carbonyl (C=O) groups excluding carboxylic acids is 1. The third kappa shape index (κ3) is 4.33. The summed E-state index contributed by atoms with van der Waals surface area (Å²) in [4.78, 5) is 12.8. The minimum Gasteiger partial charge on any atom is -0.384 e. The van der Waals surface area contributed by atoms with Crippen molar-refractivity contribution in [3.8, 4) is 0 Å². The lowest BCUT2D eigenvalue weighted by molar-refractivity contribution is -0.137. The third-order valence-corrected chi connectivity index (χ3v) is 5.49. The summed E-state index contributed by atoms with van der Waals surface area (Å²) in [5.41, 5.74) is -0.319. The van der Waals surface area contributed by atoms with Crippen LogP contribution in [0, 0.1) is 17.3 Å². The molecule has 0 aromatic carbocycles. The number of carbonyl (C=O) groups is 1. The van der Waals surface area contributed by atoms with Crippen LogP contribution >= 0.6 is 12.4 Å². The summed E-state index contributed by atoms with van der Waals surface area (Å²) in [6.45, 7) is 6.94. The van der Waals surface area contributed by atoms with E-state index < -0.39 is 0 Å². The molecule has 1 heterocycles. The normalized spacial score (nSPS) is 32.0. The fourth-order valence-electron chi connectivity index (χ4n) is 3.73. The minimum absolute atomic E-state index is 0. The summed E-state index contributed by atoms with van der Waals surface area (Å²) in [6.07, 6.45) is 5.40. The highest BCUT2D eigenvalue weighted by molar-refractivity contribution is 5.85. The second-order valence-electron chi connectivity index (χ2n) is 6.81. The van der Waals surface area contributed by atoms with Gasteiger partial charge in [0.2, 0.25) is 5.91 Å². The quantitative estimate of drug-likeness (QED) is 0.836. The SMILES string of the molecule is COCC1(C(=O)NC2CCCC(C)C2C)CCNCC1.Cl. The van der Waals surface area contributed by atoms with E-state index in [1.165, 1.54) is 12.8 Å². The van der Waals surface area contributed by atoms with Gasteiger partial charge in [0.05, 0.1) is 12.0 Å². The molecule has 1 aliphatic carbocycles. The van der Waals surface area contributed by atoms with Crippen molar-refractivity contribution < 1.29 is 9.53 Å². The van der Waals surface area contributed by atoms with Crippen LogP contribution < -0.4 is 10.6 Å². The first-order valence-electron chi connectivity index (χ1n) is 8.10. The van der Waals surface area contributed by atoms with E-state index in [0.29, 0.717) is 24.5 Å². The zero-order chi connectivity index (χ0) is 14.6. The molecule has 1 amide bonds. The van der Waals surface area contributed by atoms with Gasteiger partial charge in [-0.2, -0.15) is 0 Å². The van der Waals surface area contributed by atoms with Crippen molar-refractivity contribution in [3.05, 3.63) is 0 Å². The average Bonchev–Trinajstić information content (AvgIpc) is 2.45. The Morgan fingerprint density at radius 3 is 2.57 bits per heavy atom. The zero-order valence-corrected chi connectivity index (χ0v) is 14.4. The van der Waals surface area contributed by atoms with Gasteiger partial charge in [0.15, 0.2) is 0 Å². The molecule has 2 N–H and O–H groups in total. The maximum absolute atomic E-state index is 12.8. The van der Waals surface area contributed by atoms with Gasteiger partial charge in [-0.25, -0.2) is 0 Å². The summed E-state index contributed by atoms with van der Waals surface area (Å²) < 4.78 is 5.35. The summed E-state index contributed by atoms with van der Waals surface area (Å²) >= 11 is 0. The van der Waals surface area contributed by atoms with Crippen molar-refractivity contribution in [2.75, 3.05) is 26.8 Å². The van der Waals surface area contributed by atoms with Crippen molar-refractivity contribution in [2.45, 2.75) is 52.0 Å². The first-order valence-corrected chi connectivity index (χ1v) is 8.10. The van der Waals surface area contributed by atoms with E-state index in [1.54, 1.807) is 7.11 Å². The van der Waals surface area contributed by atoms with E-state index in [1.807, 2.05) is 0 Å². The predicted molar refractivity (Wildman–Crippen MR) is 87.8 cm³/mol. The Morgan fingerprint density at radius 1 is 1.29 bits per heavy atom. The van der Waals surface area contributed by atoms with Crippen molar-refractivity contribution in [3.63, 3.8) is 0 Å². The molecule has 21 heavy (non-hydrogen) atoms. The Hall–Kier alpha value is -0.320. The molecule has 0 bridgehead atoms. The van der Waals surface area contributed by atoms with Crippen LogP contribution in [-0.2, 0) is 9.53 Å². The van der Waals surface area contributed by atoms with Crippen LogP contribution in [-0.4, -0.2) is 38.8 Å². The molecule has 2 aliphatic rings. The first kappa shape index (κ1) is 18.7. The molecule has 3 unspecified atom stereocenters. The monoisotopic (exact) mass is 318 g/mol. The highest BCUT2D eigenvalue weighted by atomic mass is 35.5. The van der Waals surface area contributed by atoms with E-state index in [-0.39, 0.29) is 23.7 Å². The molecular weight excluding hydrogens is 288 g/mol.